The average molecular weight is 335 g/mol. The molecule has 0 radical (unpaired) electrons. The van der Waals surface area contributed by atoms with Crippen LogP contribution in [0.2, 0.25) is 0 Å². The van der Waals surface area contributed by atoms with Crippen LogP contribution in [0.5, 0.6) is 0 Å². The maximum atomic E-state index is 12.5. The molecule has 0 unspecified atom stereocenters. The molecule has 1 aromatic heterocycles. The van der Waals surface area contributed by atoms with E-state index in [0.717, 1.165) is 44.7 Å². The summed E-state index contributed by atoms with van der Waals surface area (Å²) < 4.78 is 1.83. The van der Waals surface area contributed by atoms with E-state index in [2.05, 4.69) is 32.7 Å². The molecule has 9 nitrogen and oxygen atoms in total. The molecular weight excluding hydrogens is 310 g/mol. The third kappa shape index (κ3) is 2.88. The van der Waals surface area contributed by atoms with Gasteiger partial charge in [0.25, 0.3) is 5.91 Å². The molecule has 0 bridgehead atoms. The molecule has 24 heavy (non-hydrogen) atoms. The highest BCUT2D eigenvalue weighted by atomic mass is 16.2. The Morgan fingerprint density at radius 3 is 2.83 bits per heavy atom. The fourth-order valence-corrected chi connectivity index (χ4v) is 3.67. The number of piperidine rings is 1. The van der Waals surface area contributed by atoms with Gasteiger partial charge in [-0.05, 0) is 43.2 Å². The molecule has 0 saturated carbocycles. The maximum Gasteiger partial charge on any atom is 0.324 e. The minimum absolute atomic E-state index is 0.0863. The van der Waals surface area contributed by atoms with Gasteiger partial charge in [-0.1, -0.05) is 6.92 Å². The molecule has 2 aliphatic heterocycles. The van der Waals surface area contributed by atoms with Crippen molar-refractivity contribution >= 4 is 11.9 Å². The fourth-order valence-electron chi connectivity index (χ4n) is 3.67. The Balaban J connectivity index is 1.69. The van der Waals surface area contributed by atoms with E-state index in [1.807, 2.05) is 11.6 Å². The number of imide groups is 1. The second kappa shape index (κ2) is 6.46. The van der Waals surface area contributed by atoms with Gasteiger partial charge in [-0.3, -0.25) is 14.6 Å². The Kier molecular flexibility index (Phi) is 4.53. The second-order valence-corrected chi connectivity index (χ2v) is 6.89. The van der Waals surface area contributed by atoms with Crippen molar-refractivity contribution < 1.29 is 9.59 Å². The zero-order valence-corrected chi connectivity index (χ0v) is 14.5. The molecule has 0 aliphatic carbocycles. The van der Waals surface area contributed by atoms with E-state index in [9.17, 15) is 9.59 Å². The Morgan fingerprint density at radius 2 is 2.17 bits per heavy atom. The van der Waals surface area contributed by atoms with Gasteiger partial charge >= 0.3 is 6.03 Å². The quantitative estimate of drug-likeness (QED) is 0.774. The summed E-state index contributed by atoms with van der Waals surface area (Å²) in [7, 11) is 1.53. The van der Waals surface area contributed by atoms with Crippen molar-refractivity contribution in [2.45, 2.75) is 51.7 Å². The number of aryl methyl sites for hydroxylation is 1. The van der Waals surface area contributed by atoms with Gasteiger partial charge in [-0.2, -0.15) is 0 Å². The summed E-state index contributed by atoms with van der Waals surface area (Å²) in [6.45, 7) is 7.09. The molecule has 1 aromatic rings. The van der Waals surface area contributed by atoms with E-state index >= 15 is 0 Å². The number of likely N-dealkylation sites (N-methyl/N-ethyl adjacent to an activating group) is 1. The highest BCUT2D eigenvalue weighted by molar-refractivity contribution is 6.06. The minimum Gasteiger partial charge on any atom is -0.323 e. The first-order valence-electron chi connectivity index (χ1n) is 8.53. The van der Waals surface area contributed by atoms with Gasteiger partial charge in [0.2, 0.25) is 0 Å². The molecule has 0 spiro atoms. The largest absolute Gasteiger partial charge is 0.324 e. The number of nitrogens with one attached hydrogen (secondary N) is 1. The van der Waals surface area contributed by atoms with Gasteiger partial charge in [0, 0.05) is 26.1 Å². The summed E-state index contributed by atoms with van der Waals surface area (Å²) in [5.41, 5.74) is -0.820. The highest BCUT2D eigenvalue weighted by Gasteiger charge is 2.51. The van der Waals surface area contributed by atoms with Crippen LogP contribution in [0.4, 0.5) is 4.79 Å². The number of nitrogens with zero attached hydrogens (tertiary/aromatic N) is 6. The van der Waals surface area contributed by atoms with Crippen LogP contribution in [0.25, 0.3) is 0 Å². The summed E-state index contributed by atoms with van der Waals surface area (Å²) in [6.07, 6.45) is 2.89. The number of rotatable bonds is 5. The standard InChI is InChI=1S/C15H25N7O2/c1-4-7-22-12(17-18-19-22)10-21-8-5-6-11(9-21)15(2)13(23)20(3)14(24)16-15/h11H,4-10H2,1-3H3,(H,16,24)/t11-,15-/m1/s1. The van der Waals surface area contributed by atoms with Crippen molar-refractivity contribution in [3.8, 4) is 0 Å². The topological polar surface area (TPSA) is 96.2 Å². The van der Waals surface area contributed by atoms with Crippen LogP contribution in [0.15, 0.2) is 0 Å². The summed E-state index contributed by atoms with van der Waals surface area (Å²) in [4.78, 5) is 27.8. The van der Waals surface area contributed by atoms with Crippen LogP contribution < -0.4 is 5.32 Å². The third-order valence-electron chi connectivity index (χ3n) is 5.15. The highest BCUT2D eigenvalue weighted by Crippen LogP contribution is 2.32. The Morgan fingerprint density at radius 1 is 1.38 bits per heavy atom. The summed E-state index contributed by atoms with van der Waals surface area (Å²) in [5.74, 6) is 0.792. The van der Waals surface area contributed by atoms with Crippen LogP contribution in [-0.4, -0.2) is 67.6 Å². The number of hydrogen-bond acceptors (Lipinski definition) is 6. The summed E-state index contributed by atoms with van der Waals surface area (Å²) >= 11 is 0. The Hall–Kier alpha value is -2.03. The van der Waals surface area contributed by atoms with Gasteiger partial charge in [-0.25, -0.2) is 9.48 Å². The SMILES string of the molecule is CCCn1nnnc1CN1CCC[C@@H]([C@@]2(C)NC(=O)N(C)C2=O)C1. The predicted molar refractivity (Wildman–Crippen MR) is 85.8 cm³/mol. The van der Waals surface area contributed by atoms with Crippen LogP contribution in [0, 0.1) is 5.92 Å². The molecule has 3 amide bonds. The molecule has 132 valence electrons. The van der Waals surface area contributed by atoms with E-state index in [1.54, 1.807) is 0 Å². The Bertz CT molecular complexity index is 631. The fraction of sp³-hybridized carbons (Fsp3) is 0.800. The van der Waals surface area contributed by atoms with E-state index in [0.29, 0.717) is 6.54 Å². The van der Waals surface area contributed by atoms with Gasteiger partial charge < -0.3 is 5.32 Å². The molecule has 9 heteroatoms. The molecular formula is C15H25N7O2. The maximum absolute atomic E-state index is 12.5. The summed E-state index contributed by atoms with van der Waals surface area (Å²) in [6, 6.07) is -0.313. The third-order valence-corrected chi connectivity index (χ3v) is 5.15. The van der Waals surface area contributed by atoms with Crippen molar-refractivity contribution in [3.63, 3.8) is 0 Å². The zero-order valence-electron chi connectivity index (χ0n) is 14.5. The number of carbonyl (C=O) groups is 2. The minimum atomic E-state index is -0.820. The monoisotopic (exact) mass is 335 g/mol. The number of amides is 3. The lowest BCUT2D eigenvalue weighted by Gasteiger charge is -2.39. The predicted octanol–water partition coefficient (Wildman–Crippen LogP) is 0.235. The Labute approximate surface area is 141 Å². The van der Waals surface area contributed by atoms with Crippen LogP contribution in [0.1, 0.15) is 38.9 Å². The van der Waals surface area contributed by atoms with Crippen molar-refractivity contribution in [1.29, 1.82) is 0 Å². The average Bonchev–Trinajstić information content (AvgIpc) is 3.08. The first-order valence-corrected chi connectivity index (χ1v) is 8.53. The molecule has 3 heterocycles. The van der Waals surface area contributed by atoms with Gasteiger partial charge in [0.05, 0.1) is 6.54 Å². The first kappa shape index (κ1) is 16.8. The first-order chi connectivity index (χ1) is 11.5. The van der Waals surface area contributed by atoms with E-state index in [1.165, 1.54) is 11.9 Å². The number of urea groups is 1. The van der Waals surface area contributed by atoms with Gasteiger partial charge in [0.1, 0.15) is 5.54 Å². The zero-order chi connectivity index (χ0) is 17.3. The molecule has 2 atom stereocenters. The molecule has 2 aliphatic rings. The molecule has 2 fully saturated rings. The second-order valence-electron chi connectivity index (χ2n) is 6.89. The lowest BCUT2D eigenvalue weighted by atomic mass is 9.80. The summed E-state index contributed by atoms with van der Waals surface area (Å²) in [5, 5.41) is 14.8. The number of carbonyl (C=O) groups excluding carboxylic acids is 2. The van der Waals surface area contributed by atoms with Crippen LogP contribution >= 0.6 is 0 Å². The van der Waals surface area contributed by atoms with Crippen molar-refractivity contribution in [2.24, 2.45) is 5.92 Å². The number of likely N-dealkylation sites (tertiary alicyclic amines) is 1. The molecule has 0 aromatic carbocycles. The molecule has 1 N–H and O–H groups in total. The molecule has 3 rings (SSSR count). The lowest BCUT2D eigenvalue weighted by molar-refractivity contribution is -0.132. The van der Waals surface area contributed by atoms with Crippen molar-refractivity contribution in [3.05, 3.63) is 5.82 Å². The van der Waals surface area contributed by atoms with E-state index < -0.39 is 5.54 Å². The number of aromatic nitrogens is 4. The van der Waals surface area contributed by atoms with Gasteiger partial charge in [0.15, 0.2) is 5.82 Å². The van der Waals surface area contributed by atoms with Crippen molar-refractivity contribution in [2.75, 3.05) is 20.1 Å². The van der Waals surface area contributed by atoms with Gasteiger partial charge in [-0.15, -0.1) is 5.10 Å². The molecule has 2 saturated heterocycles. The number of hydrogen-bond donors (Lipinski definition) is 1. The normalized spacial score (nSPS) is 28.5. The van der Waals surface area contributed by atoms with Crippen LogP contribution in [-0.2, 0) is 17.9 Å². The smallest absolute Gasteiger partial charge is 0.323 e. The number of tetrazole rings is 1. The lowest BCUT2D eigenvalue weighted by Crippen LogP contribution is -2.55. The van der Waals surface area contributed by atoms with E-state index in [4.69, 9.17) is 0 Å². The van der Waals surface area contributed by atoms with E-state index in [-0.39, 0.29) is 17.9 Å². The van der Waals surface area contributed by atoms with Crippen LogP contribution in [0.3, 0.4) is 0 Å². The van der Waals surface area contributed by atoms with Crippen molar-refractivity contribution in [1.82, 2.24) is 35.3 Å².